The molecule has 2 aromatic rings. The van der Waals surface area contributed by atoms with Gasteiger partial charge in [0.2, 0.25) is 5.91 Å². The van der Waals surface area contributed by atoms with E-state index in [1.165, 1.54) is 12.4 Å². The molecule has 1 aliphatic heterocycles. The van der Waals surface area contributed by atoms with Crippen LogP contribution >= 0.6 is 11.6 Å². The smallest absolute Gasteiger partial charge is 0.272 e. The van der Waals surface area contributed by atoms with Crippen LogP contribution in [0.4, 0.5) is 10.1 Å². The highest BCUT2D eigenvalue weighted by molar-refractivity contribution is 6.34. The molecule has 34 heavy (non-hydrogen) atoms. The summed E-state index contributed by atoms with van der Waals surface area (Å²) in [7, 11) is 0. The second kappa shape index (κ2) is 9.74. The van der Waals surface area contributed by atoms with Gasteiger partial charge in [-0.3, -0.25) is 14.4 Å². The molecular weight excluding hydrogens is 461 g/mol. The van der Waals surface area contributed by atoms with E-state index in [0.29, 0.717) is 50.0 Å². The van der Waals surface area contributed by atoms with Gasteiger partial charge in [-0.05, 0) is 70.1 Å². The van der Waals surface area contributed by atoms with Crippen LogP contribution in [0.2, 0.25) is 5.02 Å². The van der Waals surface area contributed by atoms with Crippen LogP contribution in [0.5, 0.6) is 0 Å². The SMILES string of the molecule is CCNC(=O)c1[nH]cnc1C(=O)NC1CCC2(CCCN(c3cc(C)c(F)cc3Cl)C2=O)CC1. The van der Waals surface area contributed by atoms with Gasteiger partial charge < -0.3 is 20.5 Å². The lowest BCUT2D eigenvalue weighted by atomic mass is 9.67. The lowest BCUT2D eigenvalue weighted by Crippen LogP contribution is -2.52. The van der Waals surface area contributed by atoms with Crippen LogP contribution < -0.4 is 15.5 Å². The summed E-state index contributed by atoms with van der Waals surface area (Å²) in [6.45, 7) is 4.44. The summed E-state index contributed by atoms with van der Waals surface area (Å²) < 4.78 is 13.9. The van der Waals surface area contributed by atoms with Gasteiger partial charge in [0, 0.05) is 24.5 Å². The van der Waals surface area contributed by atoms with Gasteiger partial charge >= 0.3 is 0 Å². The molecule has 0 atom stereocenters. The number of amides is 3. The van der Waals surface area contributed by atoms with Crippen LogP contribution in [0.15, 0.2) is 18.5 Å². The van der Waals surface area contributed by atoms with E-state index in [9.17, 15) is 18.8 Å². The number of carbonyl (C=O) groups excluding carboxylic acids is 3. The molecule has 182 valence electrons. The molecule has 1 saturated carbocycles. The fraction of sp³-hybridized carbons (Fsp3) is 0.500. The highest BCUT2D eigenvalue weighted by Gasteiger charge is 2.47. The molecule has 3 amide bonds. The summed E-state index contributed by atoms with van der Waals surface area (Å²) in [4.78, 5) is 46.9. The first kappa shape index (κ1) is 24.2. The molecule has 1 aromatic heterocycles. The van der Waals surface area contributed by atoms with E-state index in [-0.39, 0.29) is 34.3 Å². The largest absolute Gasteiger partial charge is 0.351 e. The van der Waals surface area contributed by atoms with Crippen LogP contribution in [0.25, 0.3) is 0 Å². The number of aromatic amines is 1. The molecule has 2 heterocycles. The highest BCUT2D eigenvalue weighted by Crippen LogP contribution is 2.46. The zero-order valence-corrected chi connectivity index (χ0v) is 20.1. The standard InChI is InChI=1S/C24H29ClFN5O3/c1-3-27-21(32)19-20(29-13-28-19)22(33)30-15-5-8-24(9-6-15)7-4-10-31(23(24)34)18-11-14(2)17(26)12-16(18)25/h11-13,15H,3-10H2,1-2H3,(H,27,32)(H,28,29)(H,30,33). The van der Waals surface area contributed by atoms with E-state index >= 15 is 0 Å². The Morgan fingerprint density at radius 1 is 1.26 bits per heavy atom. The van der Waals surface area contributed by atoms with Gasteiger partial charge in [0.25, 0.3) is 11.8 Å². The van der Waals surface area contributed by atoms with E-state index in [0.717, 1.165) is 12.8 Å². The Morgan fingerprint density at radius 2 is 2.00 bits per heavy atom. The molecule has 0 bridgehead atoms. The van der Waals surface area contributed by atoms with Crippen molar-refractivity contribution in [2.24, 2.45) is 5.41 Å². The third-order valence-electron chi connectivity index (χ3n) is 6.95. The van der Waals surface area contributed by atoms with Crippen molar-refractivity contribution in [3.05, 3.63) is 46.3 Å². The number of piperidine rings is 1. The number of benzene rings is 1. The Balaban J connectivity index is 1.42. The number of aromatic nitrogens is 2. The summed E-state index contributed by atoms with van der Waals surface area (Å²) in [5.74, 6) is -1.16. The third-order valence-corrected chi connectivity index (χ3v) is 7.25. The van der Waals surface area contributed by atoms with Crippen LogP contribution in [-0.4, -0.2) is 46.8 Å². The normalized spacial score (nSPS) is 22.6. The summed E-state index contributed by atoms with van der Waals surface area (Å²) in [6, 6.07) is 2.78. The zero-order chi connectivity index (χ0) is 24.5. The second-order valence-electron chi connectivity index (χ2n) is 9.13. The Labute approximate surface area is 202 Å². The van der Waals surface area contributed by atoms with Crippen LogP contribution in [0.1, 0.15) is 72.0 Å². The van der Waals surface area contributed by atoms with Gasteiger partial charge in [0.15, 0.2) is 5.69 Å². The Hall–Kier alpha value is -2.94. The highest BCUT2D eigenvalue weighted by atomic mass is 35.5. The third kappa shape index (κ3) is 4.53. The van der Waals surface area contributed by atoms with Crippen molar-refractivity contribution in [3.63, 3.8) is 0 Å². The van der Waals surface area contributed by atoms with E-state index in [1.54, 1.807) is 24.8 Å². The molecule has 3 N–H and O–H groups in total. The maximum absolute atomic E-state index is 13.9. The minimum atomic E-state index is -0.510. The van der Waals surface area contributed by atoms with Crippen molar-refractivity contribution in [1.82, 2.24) is 20.6 Å². The molecule has 0 radical (unpaired) electrons. The predicted octanol–water partition coefficient (Wildman–Crippen LogP) is 3.75. The number of hydrogen-bond donors (Lipinski definition) is 3. The summed E-state index contributed by atoms with van der Waals surface area (Å²) in [5.41, 5.74) is 0.688. The minimum Gasteiger partial charge on any atom is -0.351 e. The fourth-order valence-corrected chi connectivity index (χ4v) is 5.32. The number of H-pyrrole nitrogens is 1. The maximum Gasteiger partial charge on any atom is 0.272 e. The quantitative estimate of drug-likeness (QED) is 0.594. The van der Waals surface area contributed by atoms with E-state index in [2.05, 4.69) is 20.6 Å². The lowest BCUT2D eigenvalue weighted by molar-refractivity contribution is -0.132. The van der Waals surface area contributed by atoms with Crippen LogP contribution in [0.3, 0.4) is 0 Å². The van der Waals surface area contributed by atoms with Crippen molar-refractivity contribution in [2.75, 3.05) is 18.0 Å². The Bertz CT molecular complexity index is 1110. The van der Waals surface area contributed by atoms with Crippen molar-refractivity contribution in [2.45, 2.75) is 58.4 Å². The van der Waals surface area contributed by atoms with Gasteiger partial charge in [0.1, 0.15) is 11.5 Å². The van der Waals surface area contributed by atoms with Crippen molar-refractivity contribution >= 4 is 35.0 Å². The minimum absolute atomic E-state index is 0.0160. The average Bonchev–Trinajstić information content (AvgIpc) is 3.30. The molecule has 4 rings (SSSR count). The number of halogens is 2. The van der Waals surface area contributed by atoms with E-state index in [4.69, 9.17) is 11.6 Å². The number of nitrogens with zero attached hydrogens (tertiary/aromatic N) is 2. The first-order valence-corrected chi connectivity index (χ1v) is 12.0. The number of aryl methyl sites for hydroxylation is 1. The summed E-state index contributed by atoms with van der Waals surface area (Å²) >= 11 is 6.29. The van der Waals surface area contributed by atoms with E-state index < -0.39 is 17.1 Å². The molecule has 1 spiro atoms. The number of carbonyl (C=O) groups is 3. The first-order valence-electron chi connectivity index (χ1n) is 11.7. The predicted molar refractivity (Wildman–Crippen MR) is 126 cm³/mol. The monoisotopic (exact) mass is 489 g/mol. The van der Waals surface area contributed by atoms with Crippen molar-refractivity contribution in [1.29, 1.82) is 0 Å². The van der Waals surface area contributed by atoms with Gasteiger partial charge in [-0.15, -0.1) is 0 Å². The number of anilines is 1. The van der Waals surface area contributed by atoms with Gasteiger partial charge in [-0.25, -0.2) is 9.37 Å². The molecule has 0 unspecified atom stereocenters. The van der Waals surface area contributed by atoms with Gasteiger partial charge in [-0.2, -0.15) is 0 Å². The first-order chi connectivity index (χ1) is 16.3. The average molecular weight is 490 g/mol. The molecule has 2 aliphatic rings. The lowest BCUT2D eigenvalue weighted by Gasteiger charge is -2.45. The molecular formula is C24H29ClFN5O3. The van der Waals surface area contributed by atoms with Crippen LogP contribution in [-0.2, 0) is 4.79 Å². The van der Waals surface area contributed by atoms with Crippen LogP contribution in [0, 0.1) is 18.2 Å². The number of hydrogen-bond acceptors (Lipinski definition) is 4. The molecule has 1 aromatic carbocycles. The Kier molecular flexibility index (Phi) is 6.93. The van der Waals surface area contributed by atoms with Crippen molar-refractivity contribution in [3.8, 4) is 0 Å². The van der Waals surface area contributed by atoms with Gasteiger partial charge in [0.05, 0.1) is 17.0 Å². The molecule has 8 nitrogen and oxygen atoms in total. The van der Waals surface area contributed by atoms with E-state index in [1.807, 2.05) is 0 Å². The number of rotatable bonds is 5. The molecule has 1 saturated heterocycles. The Morgan fingerprint density at radius 3 is 2.71 bits per heavy atom. The molecule has 1 aliphatic carbocycles. The maximum atomic E-state index is 13.9. The molecule has 2 fully saturated rings. The number of imidazole rings is 1. The topological polar surface area (TPSA) is 107 Å². The molecule has 10 heteroatoms. The number of nitrogens with one attached hydrogen (secondary N) is 3. The van der Waals surface area contributed by atoms with Gasteiger partial charge in [-0.1, -0.05) is 11.6 Å². The fourth-order valence-electron chi connectivity index (χ4n) is 5.07. The summed E-state index contributed by atoms with van der Waals surface area (Å²) in [6.07, 6.45) is 5.49. The second-order valence-corrected chi connectivity index (χ2v) is 9.53. The summed E-state index contributed by atoms with van der Waals surface area (Å²) in [5, 5.41) is 5.86. The van der Waals surface area contributed by atoms with Crippen molar-refractivity contribution < 1.29 is 18.8 Å². The zero-order valence-electron chi connectivity index (χ0n) is 19.3.